The SMILES string of the molecule is O=C(C=Cc1ccco1)Oc1cc(F)ccc1[N+](=O)[O-]. The van der Waals surface area contributed by atoms with Crippen LogP contribution in [0.3, 0.4) is 0 Å². The number of benzene rings is 1. The minimum Gasteiger partial charge on any atom is -0.465 e. The van der Waals surface area contributed by atoms with Gasteiger partial charge < -0.3 is 9.15 Å². The molecular formula is C13H8FNO5. The second-order valence-electron chi connectivity index (χ2n) is 3.64. The van der Waals surface area contributed by atoms with E-state index in [9.17, 15) is 19.3 Å². The Balaban J connectivity index is 2.15. The minimum absolute atomic E-state index is 0.413. The lowest BCUT2D eigenvalue weighted by atomic mass is 10.3. The fraction of sp³-hybridized carbons (Fsp3) is 0. The van der Waals surface area contributed by atoms with E-state index < -0.39 is 28.1 Å². The van der Waals surface area contributed by atoms with Gasteiger partial charge in [0.25, 0.3) is 0 Å². The van der Waals surface area contributed by atoms with Crippen LogP contribution in [0.25, 0.3) is 6.08 Å². The Kier molecular flexibility index (Phi) is 3.90. The average molecular weight is 277 g/mol. The average Bonchev–Trinajstić information content (AvgIpc) is 2.89. The van der Waals surface area contributed by atoms with E-state index in [-0.39, 0.29) is 0 Å². The zero-order valence-electron chi connectivity index (χ0n) is 9.99. The molecule has 0 saturated carbocycles. The van der Waals surface area contributed by atoms with Crippen LogP contribution in [-0.2, 0) is 4.79 Å². The maximum absolute atomic E-state index is 13.0. The van der Waals surface area contributed by atoms with E-state index in [0.717, 1.165) is 24.3 Å². The van der Waals surface area contributed by atoms with Crippen molar-refractivity contribution >= 4 is 17.7 Å². The zero-order valence-corrected chi connectivity index (χ0v) is 9.99. The highest BCUT2D eigenvalue weighted by Crippen LogP contribution is 2.27. The van der Waals surface area contributed by atoms with Gasteiger partial charge >= 0.3 is 11.7 Å². The number of rotatable bonds is 4. The van der Waals surface area contributed by atoms with Crippen molar-refractivity contribution in [3.63, 3.8) is 0 Å². The second kappa shape index (κ2) is 5.79. The number of carbonyl (C=O) groups excluding carboxylic acids is 1. The van der Waals surface area contributed by atoms with Crippen LogP contribution < -0.4 is 4.74 Å². The standard InChI is InChI=1S/C13H8FNO5/c14-9-3-5-11(15(17)18)12(8-9)20-13(16)6-4-10-2-1-7-19-10/h1-8H. The third kappa shape index (κ3) is 3.29. The van der Waals surface area contributed by atoms with Gasteiger partial charge in [-0.3, -0.25) is 10.1 Å². The highest BCUT2D eigenvalue weighted by Gasteiger charge is 2.17. The third-order valence-electron chi connectivity index (χ3n) is 2.26. The molecule has 20 heavy (non-hydrogen) atoms. The summed E-state index contributed by atoms with van der Waals surface area (Å²) in [5.41, 5.74) is -0.494. The van der Waals surface area contributed by atoms with Crippen molar-refractivity contribution in [2.24, 2.45) is 0 Å². The van der Waals surface area contributed by atoms with Gasteiger partial charge in [-0.25, -0.2) is 9.18 Å². The number of nitrogens with zero attached hydrogens (tertiary/aromatic N) is 1. The summed E-state index contributed by atoms with van der Waals surface area (Å²) in [6, 6.07) is 5.84. The van der Waals surface area contributed by atoms with Crippen molar-refractivity contribution < 1.29 is 23.3 Å². The van der Waals surface area contributed by atoms with Gasteiger partial charge in [-0.1, -0.05) is 0 Å². The Bertz CT molecular complexity index is 663. The molecule has 2 aromatic rings. The summed E-state index contributed by atoms with van der Waals surface area (Å²) in [5, 5.41) is 10.7. The Morgan fingerprint density at radius 1 is 1.40 bits per heavy atom. The molecule has 6 nitrogen and oxygen atoms in total. The normalized spacial score (nSPS) is 10.7. The molecular weight excluding hydrogens is 269 g/mol. The van der Waals surface area contributed by atoms with Crippen LogP contribution in [0, 0.1) is 15.9 Å². The predicted molar refractivity (Wildman–Crippen MR) is 66.4 cm³/mol. The number of hydrogen-bond donors (Lipinski definition) is 0. The highest BCUT2D eigenvalue weighted by molar-refractivity contribution is 5.88. The lowest BCUT2D eigenvalue weighted by Crippen LogP contribution is -2.06. The summed E-state index contributed by atoms with van der Waals surface area (Å²) in [4.78, 5) is 21.5. The number of esters is 1. The van der Waals surface area contributed by atoms with Gasteiger partial charge in [-0.15, -0.1) is 0 Å². The van der Waals surface area contributed by atoms with E-state index in [1.54, 1.807) is 12.1 Å². The molecule has 7 heteroatoms. The summed E-state index contributed by atoms with van der Waals surface area (Å²) in [6.07, 6.45) is 3.77. The monoisotopic (exact) mass is 277 g/mol. The van der Waals surface area contributed by atoms with Crippen LogP contribution in [0.15, 0.2) is 47.1 Å². The van der Waals surface area contributed by atoms with E-state index in [1.165, 1.54) is 12.3 Å². The summed E-state index contributed by atoms with van der Waals surface area (Å²) < 4.78 is 22.7. The third-order valence-corrected chi connectivity index (χ3v) is 2.26. The van der Waals surface area contributed by atoms with Crippen molar-refractivity contribution in [3.8, 4) is 5.75 Å². The summed E-state index contributed by atoms with van der Waals surface area (Å²) >= 11 is 0. The first-order chi connectivity index (χ1) is 9.56. The molecule has 102 valence electrons. The van der Waals surface area contributed by atoms with Gasteiger partial charge in [-0.05, 0) is 24.3 Å². The maximum Gasteiger partial charge on any atom is 0.336 e. The van der Waals surface area contributed by atoms with E-state index in [1.807, 2.05) is 0 Å². The highest BCUT2D eigenvalue weighted by atomic mass is 19.1. The lowest BCUT2D eigenvalue weighted by molar-refractivity contribution is -0.385. The van der Waals surface area contributed by atoms with E-state index >= 15 is 0 Å². The van der Waals surface area contributed by atoms with Crippen LogP contribution in [0.2, 0.25) is 0 Å². The summed E-state index contributed by atoms with van der Waals surface area (Å²) in [6.45, 7) is 0. The predicted octanol–water partition coefficient (Wildman–Crippen LogP) is 2.95. The van der Waals surface area contributed by atoms with E-state index in [4.69, 9.17) is 9.15 Å². The number of ether oxygens (including phenoxy) is 1. The lowest BCUT2D eigenvalue weighted by Gasteiger charge is -2.02. The van der Waals surface area contributed by atoms with Gasteiger partial charge in [0.1, 0.15) is 11.6 Å². The van der Waals surface area contributed by atoms with Crippen molar-refractivity contribution in [3.05, 3.63) is 64.4 Å². The van der Waals surface area contributed by atoms with Crippen LogP contribution >= 0.6 is 0 Å². The zero-order chi connectivity index (χ0) is 14.5. The molecule has 0 unspecified atom stereocenters. The first-order valence-electron chi connectivity index (χ1n) is 5.43. The first kappa shape index (κ1) is 13.5. The molecule has 0 atom stereocenters. The number of nitro groups is 1. The van der Waals surface area contributed by atoms with Crippen molar-refractivity contribution in [1.82, 2.24) is 0 Å². The van der Waals surface area contributed by atoms with E-state index in [2.05, 4.69) is 0 Å². The molecule has 1 heterocycles. The number of halogens is 1. The van der Waals surface area contributed by atoms with Crippen molar-refractivity contribution in [1.29, 1.82) is 0 Å². The second-order valence-corrected chi connectivity index (χ2v) is 3.64. The largest absolute Gasteiger partial charge is 0.465 e. The Labute approximate surface area is 112 Å². The summed E-state index contributed by atoms with van der Waals surface area (Å²) in [5.74, 6) is -1.66. The summed E-state index contributed by atoms with van der Waals surface area (Å²) in [7, 11) is 0. The topological polar surface area (TPSA) is 82.6 Å². The van der Waals surface area contributed by atoms with Gasteiger partial charge in [0.15, 0.2) is 0 Å². The van der Waals surface area contributed by atoms with Crippen LogP contribution in [-0.4, -0.2) is 10.9 Å². The molecule has 0 amide bonds. The van der Waals surface area contributed by atoms with Gasteiger partial charge in [-0.2, -0.15) is 0 Å². The quantitative estimate of drug-likeness (QED) is 0.282. The number of furan rings is 1. The molecule has 0 aliphatic carbocycles. The molecule has 0 N–H and O–H groups in total. The Morgan fingerprint density at radius 3 is 2.85 bits per heavy atom. The number of hydrogen-bond acceptors (Lipinski definition) is 5. The van der Waals surface area contributed by atoms with Gasteiger partial charge in [0.05, 0.1) is 11.2 Å². The first-order valence-corrected chi connectivity index (χ1v) is 5.43. The number of nitro benzene ring substituents is 1. The minimum atomic E-state index is -0.880. The van der Waals surface area contributed by atoms with Crippen LogP contribution in [0.4, 0.5) is 10.1 Å². The number of carbonyl (C=O) groups is 1. The fourth-order valence-corrected chi connectivity index (χ4v) is 1.40. The molecule has 0 radical (unpaired) electrons. The molecule has 2 rings (SSSR count). The fourth-order valence-electron chi connectivity index (χ4n) is 1.40. The molecule has 1 aromatic carbocycles. The smallest absolute Gasteiger partial charge is 0.336 e. The Hall–Kier alpha value is -2.96. The molecule has 1 aromatic heterocycles. The maximum atomic E-state index is 13.0. The molecule has 0 aliphatic rings. The molecule has 0 fully saturated rings. The van der Waals surface area contributed by atoms with E-state index in [0.29, 0.717) is 5.76 Å². The Morgan fingerprint density at radius 2 is 2.20 bits per heavy atom. The molecule has 0 bridgehead atoms. The van der Waals surface area contributed by atoms with Crippen LogP contribution in [0.5, 0.6) is 5.75 Å². The van der Waals surface area contributed by atoms with Crippen molar-refractivity contribution in [2.75, 3.05) is 0 Å². The van der Waals surface area contributed by atoms with Gasteiger partial charge in [0, 0.05) is 18.2 Å². The molecule has 0 spiro atoms. The molecule has 0 saturated heterocycles. The van der Waals surface area contributed by atoms with Crippen LogP contribution in [0.1, 0.15) is 5.76 Å². The van der Waals surface area contributed by atoms with Gasteiger partial charge in [0.2, 0.25) is 5.75 Å². The molecule has 0 aliphatic heterocycles. The van der Waals surface area contributed by atoms with Crippen molar-refractivity contribution in [2.45, 2.75) is 0 Å².